The fourth-order valence-corrected chi connectivity index (χ4v) is 2.97. The molecular weight excluding hydrogens is 232 g/mol. The van der Waals surface area contributed by atoms with Crippen molar-refractivity contribution < 1.29 is 0 Å². The number of hydrogen-bond donors (Lipinski definition) is 1. The van der Waals surface area contributed by atoms with Gasteiger partial charge < -0.3 is 5.73 Å². The number of aryl methyl sites for hydroxylation is 2. The standard InChI is InChI=1S/C17H26N2/c1-12-3-6-15(9-13(12)2)17(10-18)19(16-7-8-16)11-14-4-5-14/h3,6,9,14,16-17H,4-5,7-8,10-11,18H2,1-2H3. The molecule has 0 heterocycles. The average molecular weight is 258 g/mol. The van der Waals surface area contributed by atoms with Crippen molar-refractivity contribution in [3.63, 3.8) is 0 Å². The van der Waals surface area contributed by atoms with Gasteiger partial charge in [-0.1, -0.05) is 18.2 Å². The summed E-state index contributed by atoms with van der Waals surface area (Å²) in [7, 11) is 0. The number of rotatable bonds is 6. The summed E-state index contributed by atoms with van der Waals surface area (Å²) in [4.78, 5) is 2.70. The molecule has 3 rings (SSSR count). The lowest BCUT2D eigenvalue weighted by Crippen LogP contribution is -2.37. The maximum Gasteiger partial charge on any atom is 0.0473 e. The molecule has 2 fully saturated rings. The summed E-state index contributed by atoms with van der Waals surface area (Å²) in [6, 6.07) is 8.09. The second-order valence-electron chi connectivity index (χ2n) is 6.47. The first-order chi connectivity index (χ1) is 9.19. The molecule has 104 valence electrons. The van der Waals surface area contributed by atoms with E-state index in [2.05, 4.69) is 36.9 Å². The van der Waals surface area contributed by atoms with E-state index in [1.807, 2.05) is 0 Å². The van der Waals surface area contributed by atoms with Gasteiger partial charge in [0.25, 0.3) is 0 Å². The molecule has 0 aromatic heterocycles. The highest BCUT2D eigenvalue weighted by atomic mass is 15.2. The van der Waals surface area contributed by atoms with Gasteiger partial charge in [-0.25, -0.2) is 0 Å². The molecule has 0 saturated heterocycles. The SMILES string of the molecule is Cc1ccc(C(CN)N(CC2CC2)C2CC2)cc1C. The van der Waals surface area contributed by atoms with Crippen LogP contribution in [0, 0.1) is 19.8 Å². The Morgan fingerprint density at radius 2 is 1.89 bits per heavy atom. The Balaban J connectivity index is 1.81. The van der Waals surface area contributed by atoms with E-state index >= 15 is 0 Å². The summed E-state index contributed by atoms with van der Waals surface area (Å²) in [5.41, 5.74) is 10.3. The molecule has 2 aliphatic carbocycles. The minimum Gasteiger partial charge on any atom is -0.329 e. The highest BCUT2D eigenvalue weighted by molar-refractivity contribution is 5.32. The van der Waals surface area contributed by atoms with Crippen LogP contribution in [-0.4, -0.2) is 24.0 Å². The Morgan fingerprint density at radius 3 is 2.42 bits per heavy atom. The molecule has 2 N–H and O–H groups in total. The fourth-order valence-electron chi connectivity index (χ4n) is 2.97. The van der Waals surface area contributed by atoms with Crippen molar-refractivity contribution in [3.8, 4) is 0 Å². The largest absolute Gasteiger partial charge is 0.329 e. The van der Waals surface area contributed by atoms with E-state index in [1.165, 1.54) is 48.9 Å². The Hall–Kier alpha value is -0.860. The summed E-state index contributed by atoms with van der Waals surface area (Å²) < 4.78 is 0. The van der Waals surface area contributed by atoms with Gasteiger partial charge in [-0.2, -0.15) is 0 Å². The van der Waals surface area contributed by atoms with E-state index in [0.717, 1.165) is 18.5 Å². The molecule has 0 radical (unpaired) electrons. The number of hydrogen-bond acceptors (Lipinski definition) is 2. The Labute approximate surface area is 117 Å². The first-order valence-electron chi connectivity index (χ1n) is 7.72. The van der Waals surface area contributed by atoms with Gasteiger partial charge in [0.2, 0.25) is 0 Å². The molecule has 1 unspecified atom stereocenters. The van der Waals surface area contributed by atoms with Crippen LogP contribution in [0.5, 0.6) is 0 Å². The van der Waals surface area contributed by atoms with Crippen LogP contribution in [0.15, 0.2) is 18.2 Å². The zero-order valence-electron chi connectivity index (χ0n) is 12.2. The van der Waals surface area contributed by atoms with E-state index in [4.69, 9.17) is 5.73 Å². The molecule has 1 aromatic rings. The van der Waals surface area contributed by atoms with E-state index in [0.29, 0.717) is 6.04 Å². The smallest absolute Gasteiger partial charge is 0.0473 e. The minimum atomic E-state index is 0.424. The van der Waals surface area contributed by atoms with Crippen LogP contribution in [-0.2, 0) is 0 Å². The molecule has 19 heavy (non-hydrogen) atoms. The third kappa shape index (κ3) is 3.01. The predicted molar refractivity (Wildman–Crippen MR) is 80.2 cm³/mol. The third-order valence-electron chi connectivity index (χ3n) is 4.72. The summed E-state index contributed by atoms with van der Waals surface area (Å²) in [5, 5.41) is 0. The second-order valence-corrected chi connectivity index (χ2v) is 6.47. The van der Waals surface area contributed by atoms with Crippen molar-refractivity contribution in [3.05, 3.63) is 34.9 Å². The van der Waals surface area contributed by atoms with Crippen molar-refractivity contribution in [2.24, 2.45) is 11.7 Å². The van der Waals surface area contributed by atoms with Crippen LogP contribution in [0.2, 0.25) is 0 Å². The topological polar surface area (TPSA) is 29.3 Å². The molecule has 2 nitrogen and oxygen atoms in total. The van der Waals surface area contributed by atoms with Crippen molar-refractivity contribution in [2.75, 3.05) is 13.1 Å². The van der Waals surface area contributed by atoms with Crippen LogP contribution in [0.25, 0.3) is 0 Å². The summed E-state index contributed by atoms with van der Waals surface area (Å²) in [5.74, 6) is 0.946. The highest BCUT2D eigenvalue weighted by Crippen LogP contribution is 2.39. The summed E-state index contributed by atoms with van der Waals surface area (Å²) >= 11 is 0. The molecular formula is C17H26N2. The molecule has 0 amide bonds. The molecule has 1 atom stereocenters. The van der Waals surface area contributed by atoms with Crippen molar-refractivity contribution >= 4 is 0 Å². The van der Waals surface area contributed by atoms with Crippen molar-refractivity contribution in [1.82, 2.24) is 4.90 Å². The molecule has 0 bridgehead atoms. The van der Waals surface area contributed by atoms with Gasteiger partial charge in [0.05, 0.1) is 0 Å². The summed E-state index contributed by atoms with van der Waals surface area (Å²) in [6.45, 7) is 6.39. The third-order valence-corrected chi connectivity index (χ3v) is 4.72. The zero-order valence-corrected chi connectivity index (χ0v) is 12.2. The Morgan fingerprint density at radius 1 is 1.16 bits per heavy atom. The fraction of sp³-hybridized carbons (Fsp3) is 0.647. The lowest BCUT2D eigenvalue weighted by atomic mass is 9.99. The molecule has 0 spiro atoms. The zero-order chi connectivity index (χ0) is 13.4. The van der Waals surface area contributed by atoms with Crippen LogP contribution >= 0.6 is 0 Å². The van der Waals surface area contributed by atoms with Gasteiger partial charge in [0, 0.05) is 25.2 Å². The average Bonchev–Trinajstić information content (AvgIpc) is 3.27. The van der Waals surface area contributed by atoms with E-state index in [1.54, 1.807) is 0 Å². The van der Waals surface area contributed by atoms with Crippen molar-refractivity contribution in [1.29, 1.82) is 0 Å². The Bertz CT molecular complexity index is 447. The first-order valence-corrected chi connectivity index (χ1v) is 7.72. The van der Waals surface area contributed by atoms with Gasteiger partial charge in [-0.3, -0.25) is 4.90 Å². The van der Waals surface area contributed by atoms with Gasteiger partial charge >= 0.3 is 0 Å². The highest BCUT2D eigenvalue weighted by Gasteiger charge is 2.37. The van der Waals surface area contributed by atoms with Crippen LogP contribution in [0.4, 0.5) is 0 Å². The van der Waals surface area contributed by atoms with Gasteiger partial charge in [0.15, 0.2) is 0 Å². The lowest BCUT2D eigenvalue weighted by Gasteiger charge is -2.32. The summed E-state index contributed by atoms with van der Waals surface area (Å²) in [6.07, 6.45) is 5.59. The molecule has 1 aromatic carbocycles. The number of benzene rings is 1. The normalized spacial score (nSPS) is 20.8. The van der Waals surface area contributed by atoms with E-state index in [-0.39, 0.29) is 0 Å². The van der Waals surface area contributed by atoms with Crippen LogP contribution in [0.1, 0.15) is 48.4 Å². The monoisotopic (exact) mass is 258 g/mol. The lowest BCUT2D eigenvalue weighted by molar-refractivity contribution is 0.182. The van der Waals surface area contributed by atoms with Gasteiger partial charge in [-0.15, -0.1) is 0 Å². The first kappa shape index (κ1) is 13.1. The van der Waals surface area contributed by atoms with Gasteiger partial charge in [0.1, 0.15) is 0 Å². The van der Waals surface area contributed by atoms with E-state index in [9.17, 15) is 0 Å². The van der Waals surface area contributed by atoms with Crippen molar-refractivity contribution in [2.45, 2.75) is 51.6 Å². The van der Waals surface area contributed by atoms with Crippen LogP contribution < -0.4 is 5.73 Å². The molecule has 0 aliphatic heterocycles. The maximum absolute atomic E-state index is 6.11. The predicted octanol–water partition coefficient (Wildman–Crippen LogP) is 3.18. The van der Waals surface area contributed by atoms with E-state index < -0.39 is 0 Å². The quantitative estimate of drug-likeness (QED) is 0.849. The number of nitrogens with two attached hydrogens (primary N) is 1. The second kappa shape index (κ2) is 5.26. The number of nitrogens with zero attached hydrogens (tertiary/aromatic N) is 1. The van der Waals surface area contributed by atoms with Crippen LogP contribution in [0.3, 0.4) is 0 Å². The molecule has 2 heteroatoms. The minimum absolute atomic E-state index is 0.424. The van der Waals surface area contributed by atoms with Gasteiger partial charge in [-0.05, 0) is 62.1 Å². The Kier molecular flexibility index (Phi) is 3.64. The maximum atomic E-state index is 6.11. The molecule has 2 saturated carbocycles. The molecule has 2 aliphatic rings.